The number of hydrogen-bond donors (Lipinski definition) is 4. The topological polar surface area (TPSA) is 84.8 Å². The van der Waals surface area contributed by atoms with Crippen molar-refractivity contribution >= 4 is 5.91 Å². The summed E-state index contributed by atoms with van der Waals surface area (Å²) in [5.41, 5.74) is 6.42. The average Bonchev–Trinajstić information content (AvgIpc) is 3.11. The lowest BCUT2D eigenvalue weighted by Gasteiger charge is -2.55. The second-order valence-corrected chi connectivity index (χ2v) is 7.49. The van der Waals surface area contributed by atoms with E-state index in [1.165, 1.54) is 12.1 Å². The number of aliphatic hydroxyl groups excluding tert-OH is 2. The van der Waals surface area contributed by atoms with Gasteiger partial charge in [0.05, 0.1) is 24.2 Å². The molecule has 7 heteroatoms. The molecule has 1 spiro atoms. The van der Waals surface area contributed by atoms with Crippen molar-refractivity contribution in [1.29, 1.82) is 0 Å². The van der Waals surface area contributed by atoms with Crippen molar-refractivity contribution in [2.24, 2.45) is 11.3 Å². The van der Waals surface area contributed by atoms with Crippen LogP contribution in [0.2, 0.25) is 0 Å². The normalized spacial score (nSPS) is 34.1. The Labute approximate surface area is 146 Å². The Kier molecular flexibility index (Phi) is 4.27. The van der Waals surface area contributed by atoms with Crippen LogP contribution in [0.15, 0.2) is 24.3 Å². The van der Waals surface area contributed by atoms with Gasteiger partial charge < -0.3 is 15.1 Å². The van der Waals surface area contributed by atoms with Gasteiger partial charge in [0.2, 0.25) is 5.91 Å². The molecule has 3 aliphatic rings. The lowest BCUT2D eigenvalue weighted by atomic mass is 9.58. The molecule has 4 atom stereocenters. The molecule has 2 aliphatic heterocycles. The summed E-state index contributed by atoms with van der Waals surface area (Å²) in [5.74, 6) is -0.581. The summed E-state index contributed by atoms with van der Waals surface area (Å²) in [6, 6.07) is 6.05. The Balaban J connectivity index is 1.44. The van der Waals surface area contributed by atoms with Gasteiger partial charge in [-0.1, -0.05) is 12.1 Å². The third-order valence-corrected chi connectivity index (χ3v) is 6.29. The summed E-state index contributed by atoms with van der Waals surface area (Å²) >= 11 is 0. The Hall–Kier alpha value is -1.54. The van der Waals surface area contributed by atoms with E-state index in [0.29, 0.717) is 38.9 Å². The van der Waals surface area contributed by atoms with Crippen LogP contribution in [0.3, 0.4) is 0 Å². The molecule has 4 rings (SSSR count). The van der Waals surface area contributed by atoms with Crippen molar-refractivity contribution in [3.05, 3.63) is 35.6 Å². The number of nitrogens with zero attached hydrogens (tertiary/aromatic N) is 1. The van der Waals surface area contributed by atoms with Gasteiger partial charge in [0, 0.05) is 31.5 Å². The molecular weight excluding hydrogens is 325 g/mol. The highest BCUT2D eigenvalue weighted by Crippen LogP contribution is 2.49. The predicted molar refractivity (Wildman–Crippen MR) is 88.6 cm³/mol. The van der Waals surface area contributed by atoms with Gasteiger partial charge in [-0.25, -0.2) is 9.82 Å². The third-order valence-electron chi connectivity index (χ3n) is 6.29. The van der Waals surface area contributed by atoms with Crippen molar-refractivity contribution in [3.63, 3.8) is 0 Å². The van der Waals surface area contributed by atoms with Crippen molar-refractivity contribution in [2.75, 3.05) is 19.6 Å². The number of amides is 1. The molecule has 2 unspecified atom stereocenters. The number of likely N-dealkylation sites (tertiary alicyclic amines) is 1. The van der Waals surface area contributed by atoms with Gasteiger partial charge in [0.1, 0.15) is 5.82 Å². The van der Waals surface area contributed by atoms with Crippen LogP contribution < -0.4 is 10.9 Å². The Morgan fingerprint density at radius 3 is 2.60 bits per heavy atom. The van der Waals surface area contributed by atoms with Crippen LogP contribution >= 0.6 is 0 Å². The minimum absolute atomic E-state index is 0.0323. The van der Waals surface area contributed by atoms with Crippen molar-refractivity contribution in [2.45, 2.75) is 37.5 Å². The number of carbonyl (C=O) groups is 1. The first-order valence-electron chi connectivity index (χ1n) is 8.90. The highest BCUT2D eigenvalue weighted by molar-refractivity contribution is 5.80. The highest BCUT2D eigenvalue weighted by Gasteiger charge is 2.55. The molecule has 2 heterocycles. The number of piperidine rings is 1. The number of rotatable bonds is 2. The molecule has 1 saturated carbocycles. The van der Waals surface area contributed by atoms with E-state index in [9.17, 15) is 19.4 Å². The van der Waals surface area contributed by atoms with Crippen LogP contribution in [-0.2, 0) is 4.79 Å². The predicted octanol–water partition coefficient (Wildman–Crippen LogP) is 0.325. The molecule has 0 radical (unpaired) electrons. The van der Waals surface area contributed by atoms with Crippen molar-refractivity contribution in [3.8, 4) is 0 Å². The standard InChI is InChI=1S/C18H24FN3O3/c19-12-3-1-2-11(8-12)16-13(10-20-21-16)17(25)22-6-4-18(5-7-22)14(23)9-15(18)24/h1-3,8,13-16,20-21,23-24H,4-7,9-10H2/t13?,14-,15+,16?. The van der Waals surface area contributed by atoms with Gasteiger partial charge in [0.25, 0.3) is 0 Å². The average molecular weight is 349 g/mol. The fourth-order valence-electron chi connectivity index (χ4n) is 4.53. The summed E-state index contributed by atoms with van der Waals surface area (Å²) in [4.78, 5) is 14.8. The molecule has 6 nitrogen and oxygen atoms in total. The Morgan fingerprint density at radius 1 is 1.24 bits per heavy atom. The van der Waals surface area contributed by atoms with E-state index in [2.05, 4.69) is 10.9 Å². The second-order valence-electron chi connectivity index (χ2n) is 7.49. The van der Waals surface area contributed by atoms with Gasteiger partial charge in [-0.15, -0.1) is 0 Å². The Bertz CT molecular complexity index is 653. The van der Waals surface area contributed by atoms with Crippen LogP contribution in [0.1, 0.15) is 30.9 Å². The van der Waals surface area contributed by atoms with E-state index >= 15 is 0 Å². The number of hydrazine groups is 1. The van der Waals surface area contributed by atoms with Gasteiger partial charge >= 0.3 is 0 Å². The summed E-state index contributed by atoms with van der Waals surface area (Å²) in [7, 11) is 0. The highest BCUT2D eigenvalue weighted by atomic mass is 19.1. The lowest BCUT2D eigenvalue weighted by Crippen LogP contribution is -2.62. The second kappa shape index (κ2) is 6.32. The van der Waals surface area contributed by atoms with Crippen LogP contribution in [0.5, 0.6) is 0 Å². The molecule has 0 bridgehead atoms. The number of aliphatic hydroxyl groups is 2. The van der Waals surface area contributed by atoms with E-state index in [-0.39, 0.29) is 23.7 Å². The molecule has 1 aromatic carbocycles. The molecule has 0 aromatic heterocycles. The van der Waals surface area contributed by atoms with E-state index in [0.717, 1.165) is 5.56 Å². The lowest BCUT2D eigenvalue weighted by molar-refractivity contribution is -0.192. The van der Waals surface area contributed by atoms with E-state index in [4.69, 9.17) is 0 Å². The molecule has 136 valence electrons. The number of hydrogen-bond acceptors (Lipinski definition) is 5. The smallest absolute Gasteiger partial charge is 0.229 e. The van der Waals surface area contributed by atoms with Gasteiger partial charge in [-0.2, -0.15) is 0 Å². The molecule has 2 saturated heterocycles. The number of benzene rings is 1. The molecule has 4 N–H and O–H groups in total. The third kappa shape index (κ3) is 2.75. The molecule has 1 aliphatic carbocycles. The zero-order valence-electron chi connectivity index (χ0n) is 14.0. The largest absolute Gasteiger partial charge is 0.392 e. The zero-order valence-corrected chi connectivity index (χ0v) is 14.0. The molecule has 1 aromatic rings. The number of nitrogens with one attached hydrogen (secondary N) is 2. The zero-order chi connectivity index (χ0) is 17.6. The molecule has 1 amide bonds. The van der Waals surface area contributed by atoms with Crippen molar-refractivity contribution < 1.29 is 19.4 Å². The van der Waals surface area contributed by atoms with E-state index in [1.807, 2.05) is 11.0 Å². The number of carbonyl (C=O) groups excluding carboxylic acids is 1. The molecule has 3 fully saturated rings. The van der Waals surface area contributed by atoms with Crippen molar-refractivity contribution in [1.82, 2.24) is 15.8 Å². The van der Waals surface area contributed by atoms with E-state index < -0.39 is 17.6 Å². The maximum absolute atomic E-state index is 13.5. The summed E-state index contributed by atoms with van der Waals surface area (Å²) in [6.45, 7) is 1.57. The summed E-state index contributed by atoms with van der Waals surface area (Å²) < 4.78 is 13.5. The van der Waals surface area contributed by atoms with E-state index in [1.54, 1.807) is 6.07 Å². The maximum Gasteiger partial charge on any atom is 0.229 e. The Morgan fingerprint density at radius 2 is 1.96 bits per heavy atom. The summed E-state index contributed by atoms with van der Waals surface area (Å²) in [5, 5.41) is 20.1. The first-order valence-corrected chi connectivity index (χ1v) is 8.90. The minimum Gasteiger partial charge on any atom is -0.392 e. The monoisotopic (exact) mass is 349 g/mol. The number of halogens is 1. The fraction of sp³-hybridized carbons (Fsp3) is 0.611. The van der Waals surface area contributed by atoms with Gasteiger partial charge in [-0.3, -0.25) is 10.2 Å². The first-order chi connectivity index (χ1) is 12.0. The SMILES string of the molecule is O=C(C1CNNC1c1cccc(F)c1)N1CCC2(CC1)[C@H](O)C[C@@H]2O. The van der Waals surface area contributed by atoms with Crippen LogP contribution in [0, 0.1) is 17.2 Å². The molecular formula is C18H24FN3O3. The summed E-state index contributed by atoms with van der Waals surface area (Å²) in [6.07, 6.45) is 0.758. The van der Waals surface area contributed by atoms with Crippen LogP contribution in [0.25, 0.3) is 0 Å². The minimum atomic E-state index is -0.463. The quantitative estimate of drug-likeness (QED) is 0.618. The maximum atomic E-state index is 13.5. The fourth-order valence-corrected chi connectivity index (χ4v) is 4.53. The first kappa shape index (κ1) is 16.9. The molecule has 25 heavy (non-hydrogen) atoms. The van der Waals surface area contributed by atoms with Gasteiger partial charge in [0.15, 0.2) is 0 Å². The van der Waals surface area contributed by atoms with Crippen LogP contribution in [-0.4, -0.2) is 52.9 Å². The van der Waals surface area contributed by atoms with Crippen LogP contribution in [0.4, 0.5) is 4.39 Å². The van der Waals surface area contributed by atoms with Gasteiger partial charge in [-0.05, 0) is 30.5 Å².